The highest BCUT2D eigenvalue weighted by Gasteiger charge is 2.16. The average molecular weight is 426 g/mol. The van der Waals surface area contributed by atoms with E-state index in [1.165, 1.54) is 18.4 Å². The van der Waals surface area contributed by atoms with Gasteiger partial charge in [0.15, 0.2) is 0 Å². The number of carbonyl (C=O) groups excluding carboxylic acids is 2. The van der Waals surface area contributed by atoms with Gasteiger partial charge in [-0.25, -0.2) is 4.98 Å². The number of carbonyl (C=O) groups is 2. The van der Waals surface area contributed by atoms with Crippen molar-refractivity contribution in [1.82, 2.24) is 4.98 Å². The largest absolute Gasteiger partial charge is 0.494 e. The second kappa shape index (κ2) is 10.00. The maximum absolute atomic E-state index is 12.7. The number of nitrogens with one attached hydrogen (secondary N) is 2. The highest BCUT2D eigenvalue weighted by atomic mass is 32.1. The van der Waals surface area contributed by atoms with Crippen molar-refractivity contribution in [2.45, 2.75) is 13.8 Å². The molecule has 2 N–H and O–H groups in total. The van der Waals surface area contributed by atoms with Gasteiger partial charge in [-0.15, -0.1) is 11.3 Å². The summed E-state index contributed by atoms with van der Waals surface area (Å²) >= 11 is 1.34. The Bertz CT molecular complexity index is 1010. The second-order valence-corrected chi connectivity index (χ2v) is 7.40. The van der Waals surface area contributed by atoms with E-state index in [9.17, 15) is 9.59 Å². The molecule has 0 atom stereocenters. The van der Waals surface area contributed by atoms with Crippen LogP contribution in [0.4, 0.5) is 11.4 Å². The highest BCUT2D eigenvalue weighted by molar-refractivity contribution is 7.17. The summed E-state index contributed by atoms with van der Waals surface area (Å²) in [6.45, 7) is 4.35. The number of benzene rings is 2. The number of thiazole rings is 1. The lowest BCUT2D eigenvalue weighted by Gasteiger charge is -2.07. The molecule has 0 saturated carbocycles. The summed E-state index contributed by atoms with van der Waals surface area (Å²) in [5, 5.41) is 6.35. The van der Waals surface area contributed by atoms with Crippen molar-refractivity contribution in [3.8, 4) is 16.3 Å². The van der Waals surface area contributed by atoms with Crippen LogP contribution in [0.2, 0.25) is 0 Å². The fourth-order valence-corrected chi connectivity index (χ4v) is 3.71. The Morgan fingerprint density at radius 3 is 2.23 bits per heavy atom. The fourth-order valence-electron chi connectivity index (χ4n) is 2.74. The Labute approximate surface area is 179 Å². The minimum absolute atomic E-state index is 0.0141. The molecule has 0 radical (unpaired) electrons. The maximum atomic E-state index is 12.7. The predicted octanol–water partition coefficient (Wildman–Crippen LogP) is 4.35. The summed E-state index contributed by atoms with van der Waals surface area (Å²) in [7, 11) is 1.46. The number of nitrogens with zero attached hydrogens (tertiary/aromatic N) is 1. The summed E-state index contributed by atoms with van der Waals surface area (Å²) in [5.74, 6) is 0.337. The van der Waals surface area contributed by atoms with Crippen LogP contribution in [-0.2, 0) is 9.53 Å². The summed E-state index contributed by atoms with van der Waals surface area (Å²) in [6, 6.07) is 14.5. The Morgan fingerprint density at radius 1 is 1.00 bits per heavy atom. The third-order valence-electron chi connectivity index (χ3n) is 4.12. The zero-order chi connectivity index (χ0) is 21.5. The lowest BCUT2D eigenvalue weighted by atomic mass is 10.2. The van der Waals surface area contributed by atoms with Crippen LogP contribution in [0.1, 0.15) is 22.3 Å². The molecule has 1 heterocycles. The van der Waals surface area contributed by atoms with Gasteiger partial charge < -0.3 is 20.1 Å². The molecule has 30 heavy (non-hydrogen) atoms. The van der Waals surface area contributed by atoms with Crippen LogP contribution < -0.4 is 15.4 Å². The summed E-state index contributed by atoms with van der Waals surface area (Å²) in [4.78, 5) is 29.4. The molecular weight excluding hydrogens is 402 g/mol. The third-order valence-corrected chi connectivity index (χ3v) is 5.32. The molecule has 2 amide bonds. The molecule has 0 aliphatic rings. The van der Waals surface area contributed by atoms with Gasteiger partial charge in [0.2, 0.25) is 5.91 Å². The Kier molecular flexibility index (Phi) is 7.16. The first-order chi connectivity index (χ1) is 14.5. The number of ether oxygens (including phenoxy) is 2. The molecule has 0 aliphatic heterocycles. The van der Waals surface area contributed by atoms with Crippen molar-refractivity contribution in [3.05, 3.63) is 59.1 Å². The number of hydrogen-bond donors (Lipinski definition) is 2. The monoisotopic (exact) mass is 425 g/mol. The SMILES string of the molecule is CCOc1ccc(-c2nc(C)c(C(=O)Nc3ccc(NC(=O)COC)cc3)s2)cc1. The molecule has 3 rings (SSSR count). The zero-order valence-corrected chi connectivity index (χ0v) is 17.8. The molecule has 8 heteroatoms. The summed E-state index contributed by atoms with van der Waals surface area (Å²) < 4.78 is 10.2. The molecule has 156 valence electrons. The van der Waals surface area contributed by atoms with Gasteiger partial charge >= 0.3 is 0 Å². The lowest BCUT2D eigenvalue weighted by molar-refractivity contribution is -0.119. The van der Waals surface area contributed by atoms with Crippen molar-refractivity contribution >= 4 is 34.5 Å². The molecule has 0 bridgehead atoms. The number of aromatic nitrogens is 1. The van der Waals surface area contributed by atoms with Gasteiger partial charge in [0, 0.05) is 24.0 Å². The van der Waals surface area contributed by atoms with E-state index in [4.69, 9.17) is 9.47 Å². The first kappa shape index (κ1) is 21.5. The molecule has 2 aromatic carbocycles. The Hall–Kier alpha value is -3.23. The number of amides is 2. The van der Waals surface area contributed by atoms with Crippen LogP contribution in [0.25, 0.3) is 10.6 Å². The number of aryl methyl sites for hydroxylation is 1. The number of anilines is 2. The van der Waals surface area contributed by atoms with Crippen molar-refractivity contribution in [2.24, 2.45) is 0 Å². The van der Waals surface area contributed by atoms with Crippen molar-refractivity contribution in [3.63, 3.8) is 0 Å². The van der Waals surface area contributed by atoms with Crippen molar-refractivity contribution < 1.29 is 19.1 Å². The first-order valence-electron chi connectivity index (χ1n) is 9.41. The summed E-state index contributed by atoms with van der Waals surface area (Å²) in [5.41, 5.74) is 2.86. The van der Waals surface area contributed by atoms with Crippen LogP contribution in [-0.4, -0.2) is 37.1 Å². The average Bonchev–Trinajstić information content (AvgIpc) is 3.12. The van der Waals surface area contributed by atoms with Crippen LogP contribution in [0.3, 0.4) is 0 Å². The lowest BCUT2D eigenvalue weighted by Crippen LogP contribution is -2.17. The smallest absolute Gasteiger partial charge is 0.267 e. The molecular formula is C22H23N3O4S. The normalized spacial score (nSPS) is 10.5. The van der Waals surface area contributed by atoms with Crippen molar-refractivity contribution in [2.75, 3.05) is 31.0 Å². The second-order valence-electron chi connectivity index (χ2n) is 6.40. The topological polar surface area (TPSA) is 89.5 Å². The molecule has 0 fully saturated rings. The molecule has 1 aromatic heterocycles. The van der Waals surface area contributed by atoms with Crippen molar-refractivity contribution in [1.29, 1.82) is 0 Å². The molecule has 0 saturated heterocycles. The first-order valence-corrected chi connectivity index (χ1v) is 10.2. The maximum Gasteiger partial charge on any atom is 0.267 e. The fraction of sp³-hybridized carbons (Fsp3) is 0.227. The van der Waals surface area contributed by atoms with Gasteiger partial charge in [0.05, 0.1) is 12.3 Å². The molecule has 0 spiro atoms. The van der Waals surface area contributed by atoms with Gasteiger partial charge in [-0.05, 0) is 62.4 Å². The number of hydrogen-bond acceptors (Lipinski definition) is 6. The van der Waals surface area contributed by atoms with Crippen LogP contribution in [0, 0.1) is 6.92 Å². The quantitative estimate of drug-likeness (QED) is 0.560. The van der Waals surface area contributed by atoms with Gasteiger partial charge in [0.25, 0.3) is 5.91 Å². The molecule has 3 aromatic rings. The van der Waals surface area contributed by atoms with E-state index < -0.39 is 0 Å². The predicted molar refractivity (Wildman–Crippen MR) is 118 cm³/mol. The van der Waals surface area contributed by atoms with Gasteiger partial charge in [-0.3, -0.25) is 9.59 Å². The third kappa shape index (κ3) is 5.43. The van der Waals surface area contributed by atoms with Gasteiger partial charge in [-0.1, -0.05) is 0 Å². The Morgan fingerprint density at radius 2 is 1.63 bits per heavy atom. The van der Waals surface area contributed by atoms with E-state index in [-0.39, 0.29) is 18.4 Å². The van der Waals surface area contributed by atoms with E-state index in [1.807, 2.05) is 38.1 Å². The Balaban J connectivity index is 1.68. The van der Waals surface area contributed by atoms with Gasteiger partial charge in [0.1, 0.15) is 22.2 Å². The molecule has 0 aliphatic carbocycles. The van der Waals surface area contributed by atoms with Crippen LogP contribution in [0.5, 0.6) is 5.75 Å². The minimum Gasteiger partial charge on any atom is -0.494 e. The zero-order valence-electron chi connectivity index (χ0n) is 17.0. The highest BCUT2D eigenvalue weighted by Crippen LogP contribution is 2.30. The molecule has 7 nitrogen and oxygen atoms in total. The van der Waals surface area contributed by atoms with E-state index >= 15 is 0 Å². The van der Waals surface area contributed by atoms with Gasteiger partial charge in [-0.2, -0.15) is 0 Å². The van der Waals surface area contributed by atoms with E-state index in [1.54, 1.807) is 24.3 Å². The van der Waals surface area contributed by atoms with E-state index in [0.29, 0.717) is 28.6 Å². The standard InChI is InChI=1S/C22H23N3O4S/c1-4-29-18-11-5-15(6-12-18)22-23-14(2)20(30-22)21(27)25-17-9-7-16(8-10-17)24-19(26)13-28-3/h5-12H,4,13H2,1-3H3,(H,24,26)(H,25,27). The molecule has 0 unspecified atom stereocenters. The van der Waals surface area contributed by atoms with Crippen LogP contribution >= 0.6 is 11.3 Å². The number of rotatable bonds is 8. The van der Waals surface area contributed by atoms with E-state index in [0.717, 1.165) is 16.3 Å². The van der Waals surface area contributed by atoms with Crippen LogP contribution in [0.15, 0.2) is 48.5 Å². The van der Waals surface area contributed by atoms with E-state index in [2.05, 4.69) is 15.6 Å². The summed E-state index contributed by atoms with van der Waals surface area (Å²) in [6.07, 6.45) is 0. The number of methoxy groups -OCH3 is 1. The minimum atomic E-state index is -0.239.